The fourth-order valence-corrected chi connectivity index (χ4v) is 2.95. The number of likely N-dealkylation sites (N-methyl/N-ethyl adjacent to an activating group) is 1. The van der Waals surface area contributed by atoms with Crippen LogP contribution in [-0.4, -0.2) is 28.5 Å². The number of benzene rings is 2. The predicted octanol–water partition coefficient (Wildman–Crippen LogP) is 4.51. The summed E-state index contributed by atoms with van der Waals surface area (Å²) in [6.45, 7) is 2.88. The van der Waals surface area contributed by atoms with Crippen LogP contribution in [0.3, 0.4) is 0 Å². The van der Waals surface area contributed by atoms with Gasteiger partial charge in [-0.2, -0.15) is 0 Å². The fourth-order valence-electron chi connectivity index (χ4n) is 2.95. The van der Waals surface area contributed by atoms with E-state index in [4.69, 9.17) is 4.74 Å². The van der Waals surface area contributed by atoms with Crippen molar-refractivity contribution in [3.8, 4) is 11.5 Å². The van der Waals surface area contributed by atoms with Gasteiger partial charge < -0.3 is 14.6 Å². The lowest BCUT2D eigenvalue weighted by atomic mass is 10.0. The van der Waals surface area contributed by atoms with E-state index in [2.05, 4.69) is 52.4 Å². The predicted molar refractivity (Wildman–Crippen MR) is 97.1 cm³/mol. The minimum absolute atomic E-state index is 0.786. The lowest BCUT2D eigenvalue weighted by Crippen LogP contribution is -2.13. The van der Waals surface area contributed by atoms with Crippen molar-refractivity contribution in [2.24, 2.45) is 0 Å². The van der Waals surface area contributed by atoms with Crippen LogP contribution in [0.1, 0.15) is 11.4 Å². The fraction of sp³-hybridized carbons (Fsp3) is 0.150. The second-order valence-corrected chi connectivity index (χ2v) is 6.00. The topological polar surface area (TPSA) is 41.1 Å². The summed E-state index contributed by atoms with van der Waals surface area (Å²) >= 11 is 0. The summed E-state index contributed by atoms with van der Waals surface area (Å²) in [6.07, 6.45) is 6.43. The molecule has 0 atom stereocenters. The zero-order valence-electron chi connectivity index (χ0n) is 13.8. The van der Waals surface area contributed by atoms with Crippen LogP contribution in [0.5, 0.6) is 11.5 Å². The Morgan fingerprint density at radius 3 is 2.75 bits per heavy atom. The Balaban J connectivity index is 1.89. The van der Waals surface area contributed by atoms with Gasteiger partial charge in [0, 0.05) is 30.9 Å². The molecule has 2 heterocycles. The standard InChI is InChI=1S/C20H19N3O/c1-14-21-18-11-10-17(15-7-6-12-23(2)13-15)20(19(18)22-14)24-16-8-4-3-5-9-16/h3-11,13H,12H2,1-2H3,(H,21,22). The summed E-state index contributed by atoms with van der Waals surface area (Å²) in [7, 11) is 2.07. The number of aromatic amines is 1. The molecule has 24 heavy (non-hydrogen) atoms. The van der Waals surface area contributed by atoms with Gasteiger partial charge in [-0.05, 0) is 31.2 Å². The van der Waals surface area contributed by atoms with Crippen molar-refractivity contribution in [3.63, 3.8) is 0 Å². The molecule has 4 rings (SSSR count). The Morgan fingerprint density at radius 2 is 1.96 bits per heavy atom. The van der Waals surface area contributed by atoms with Crippen LogP contribution in [-0.2, 0) is 0 Å². The zero-order valence-corrected chi connectivity index (χ0v) is 13.8. The van der Waals surface area contributed by atoms with Crippen molar-refractivity contribution in [2.45, 2.75) is 6.92 Å². The quantitative estimate of drug-likeness (QED) is 0.773. The number of rotatable bonds is 3. The van der Waals surface area contributed by atoms with Crippen LogP contribution in [0.15, 0.2) is 60.8 Å². The summed E-state index contributed by atoms with van der Waals surface area (Å²) in [4.78, 5) is 10.1. The number of imidazole rings is 1. The van der Waals surface area contributed by atoms with Crippen LogP contribution in [0.25, 0.3) is 16.6 Å². The molecular weight excluding hydrogens is 298 g/mol. The molecule has 0 radical (unpaired) electrons. The van der Waals surface area contributed by atoms with Gasteiger partial charge in [-0.15, -0.1) is 0 Å². The number of aromatic nitrogens is 2. The van der Waals surface area contributed by atoms with Crippen LogP contribution >= 0.6 is 0 Å². The number of hydrogen-bond donors (Lipinski definition) is 1. The Kier molecular flexibility index (Phi) is 3.58. The smallest absolute Gasteiger partial charge is 0.163 e. The van der Waals surface area contributed by atoms with Gasteiger partial charge in [-0.25, -0.2) is 4.98 Å². The molecule has 1 aliphatic heterocycles. The highest BCUT2D eigenvalue weighted by molar-refractivity contribution is 5.91. The van der Waals surface area contributed by atoms with E-state index < -0.39 is 0 Å². The third-order valence-corrected chi connectivity index (χ3v) is 4.05. The van der Waals surface area contributed by atoms with E-state index in [1.807, 2.05) is 37.3 Å². The van der Waals surface area contributed by atoms with Crippen LogP contribution in [0, 0.1) is 6.92 Å². The first kappa shape index (κ1) is 14.6. The van der Waals surface area contributed by atoms with Gasteiger partial charge in [0.25, 0.3) is 0 Å². The Bertz CT molecular complexity index is 938. The zero-order chi connectivity index (χ0) is 16.5. The van der Waals surface area contributed by atoms with Crippen molar-refractivity contribution >= 4 is 16.6 Å². The van der Waals surface area contributed by atoms with Crippen molar-refractivity contribution in [1.29, 1.82) is 0 Å². The highest BCUT2D eigenvalue weighted by Gasteiger charge is 2.17. The second-order valence-electron chi connectivity index (χ2n) is 6.00. The highest BCUT2D eigenvalue weighted by Crippen LogP contribution is 2.37. The molecule has 1 aliphatic rings. The summed E-state index contributed by atoms with van der Waals surface area (Å²) in [6, 6.07) is 14.0. The van der Waals surface area contributed by atoms with Crippen molar-refractivity contribution < 1.29 is 4.74 Å². The molecule has 4 heteroatoms. The monoisotopic (exact) mass is 317 g/mol. The van der Waals surface area contributed by atoms with E-state index in [1.165, 1.54) is 0 Å². The van der Waals surface area contributed by atoms with Crippen molar-refractivity contribution in [3.05, 3.63) is 72.2 Å². The highest BCUT2D eigenvalue weighted by atomic mass is 16.5. The number of para-hydroxylation sites is 1. The molecule has 1 N–H and O–H groups in total. The van der Waals surface area contributed by atoms with Crippen LogP contribution in [0.2, 0.25) is 0 Å². The molecule has 0 bridgehead atoms. The molecule has 1 aromatic heterocycles. The van der Waals surface area contributed by atoms with E-state index >= 15 is 0 Å². The van der Waals surface area contributed by atoms with Crippen LogP contribution < -0.4 is 4.74 Å². The SMILES string of the molecule is Cc1nc2c(Oc3ccccc3)c(C3=CN(C)CC=C3)ccc2[nH]1. The number of aryl methyl sites for hydroxylation is 1. The number of nitrogens with zero attached hydrogens (tertiary/aromatic N) is 2. The van der Waals surface area contributed by atoms with Gasteiger partial charge in [0.05, 0.1) is 5.52 Å². The molecule has 0 aliphatic carbocycles. The number of nitrogens with one attached hydrogen (secondary N) is 1. The van der Waals surface area contributed by atoms with Gasteiger partial charge in [0.15, 0.2) is 5.75 Å². The molecule has 0 saturated heterocycles. The average Bonchev–Trinajstić information content (AvgIpc) is 2.97. The molecule has 0 spiro atoms. The third kappa shape index (κ3) is 2.67. The number of H-pyrrole nitrogens is 1. The van der Waals surface area contributed by atoms with E-state index in [0.29, 0.717) is 0 Å². The maximum absolute atomic E-state index is 6.25. The first-order valence-corrected chi connectivity index (χ1v) is 8.02. The van der Waals surface area contributed by atoms with E-state index in [0.717, 1.165) is 46.0 Å². The first-order chi connectivity index (χ1) is 11.7. The number of allylic oxidation sites excluding steroid dienone is 2. The van der Waals surface area contributed by atoms with Gasteiger partial charge in [0.2, 0.25) is 0 Å². The Labute approximate surface area is 141 Å². The molecule has 0 amide bonds. The maximum atomic E-state index is 6.25. The summed E-state index contributed by atoms with van der Waals surface area (Å²) in [5.74, 6) is 2.47. The first-order valence-electron chi connectivity index (χ1n) is 8.02. The summed E-state index contributed by atoms with van der Waals surface area (Å²) < 4.78 is 6.25. The van der Waals surface area contributed by atoms with Crippen LogP contribution in [0.4, 0.5) is 0 Å². The molecule has 0 fully saturated rings. The van der Waals surface area contributed by atoms with Gasteiger partial charge >= 0.3 is 0 Å². The van der Waals surface area contributed by atoms with Gasteiger partial charge in [0.1, 0.15) is 17.1 Å². The molecule has 0 saturated carbocycles. The Hall–Kier alpha value is -3.01. The second kappa shape index (κ2) is 5.89. The van der Waals surface area contributed by atoms with Crippen molar-refractivity contribution in [1.82, 2.24) is 14.9 Å². The molecule has 120 valence electrons. The third-order valence-electron chi connectivity index (χ3n) is 4.05. The number of fused-ring (bicyclic) bond motifs is 1. The minimum Gasteiger partial charge on any atom is -0.454 e. The van der Waals surface area contributed by atoms with E-state index in [9.17, 15) is 0 Å². The maximum Gasteiger partial charge on any atom is 0.163 e. The normalized spacial score (nSPS) is 14.1. The molecule has 2 aromatic carbocycles. The lowest BCUT2D eigenvalue weighted by Gasteiger charge is -2.20. The van der Waals surface area contributed by atoms with E-state index in [1.54, 1.807) is 0 Å². The minimum atomic E-state index is 0.786. The molecule has 4 nitrogen and oxygen atoms in total. The average molecular weight is 317 g/mol. The largest absolute Gasteiger partial charge is 0.454 e. The summed E-state index contributed by atoms with van der Waals surface area (Å²) in [5, 5.41) is 0. The lowest BCUT2D eigenvalue weighted by molar-refractivity contribution is 0.484. The van der Waals surface area contributed by atoms with Gasteiger partial charge in [-0.3, -0.25) is 0 Å². The Morgan fingerprint density at radius 1 is 1.12 bits per heavy atom. The molecule has 3 aromatic rings. The molecule has 0 unspecified atom stereocenters. The van der Waals surface area contributed by atoms with Gasteiger partial charge in [-0.1, -0.05) is 30.4 Å². The van der Waals surface area contributed by atoms with Crippen molar-refractivity contribution in [2.75, 3.05) is 13.6 Å². The number of hydrogen-bond acceptors (Lipinski definition) is 3. The molecular formula is C20H19N3O. The summed E-state index contributed by atoms with van der Waals surface area (Å²) in [5.41, 5.74) is 4.00. The van der Waals surface area contributed by atoms with E-state index in [-0.39, 0.29) is 0 Å². The number of ether oxygens (including phenoxy) is 1.